The number of aliphatic hydroxyl groups excluding tert-OH is 3. The summed E-state index contributed by atoms with van der Waals surface area (Å²) in [4.78, 5) is 16.0. The van der Waals surface area contributed by atoms with Crippen LogP contribution in [0.25, 0.3) is 0 Å². The van der Waals surface area contributed by atoms with Gasteiger partial charge in [-0.2, -0.15) is 0 Å². The minimum absolute atomic E-state index is 0.159. The molecule has 1 fully saturated rings. The van der Waals surface area contributed by atoms with Crippen LogP contribution in [0.2, 0.25) is 0 Å². The number of hydrogen-bond donors (Lipinski definition) is 5. The van der Waals surface area contributed by atoms with Gasteiger partial charge in [-0.3, -0.25) is 9.79 Å². The van der Waals surface area contributed by atoms with Crippen LogP contribution >= 0.6 is 0 Å². The van der Waals surface area contributed by atoms with Crippen LogP contribution in [0.15, 0.2) is 16.6 Å². The standard InChI is InChI=1S/C29H51NO6/c1-2-3-4-5-8-11-24(31)12-9-6-7-10-13-25(28(34)35)26(32)14-16-29(36)20-23(19-27(29)33)18-22-15-17-30-21-22/h15,21,23-27,31-33,36H,2-14,16-20H2,1H3,(H,34,35)/t23-,24-,25-,26+,27+,29+/m0/s1. The first-order valence-electron chi connectivity index (χ1n) is 14.4. The average molecular weight is 510 g/mol. The lowest BCUT2D eigenvalue weighted by Gasteiger charge is -2.29. The summed E-state index contributed by atoms with van der Waals surface area (Å²) in [5.41, 5.74) is -0.138. The SMILES string of the molecule is CCCCCCC[C@H](O)CCCCCC[C@H](C(=O)O)[C@H](O)CC[C@@]1(O)C[C@@H](CC2=CCN=C2)C[C@H]1O. The number of carbonyl (C=O) groups is 1. The van der Waals surface area contributed by atoms with Crippen LogP contribution in [0.4, 0.5) is 0 Å². The van der Waals surface area contributed by atoms with Gasteiger partial charge < -0.3 is 25.5 Å². The molecule has 0 aromatic heterocycles. The Hall–Kier alpha value is -1.28. The highest BCUT2D eigenvalue weighted by Crippen LogP contribution is 2.41. The summed E-state index contributed by atoms with van der Waals surface area (Å²) < 4.78 is 0. The zero-order chi connectivity index (χ0) is 26.4. The van der Waals surface area contributed by atoms with Gasteiger partial charge in [0.25, 0.3) is 0 Å². The molecular weight excluding hydrogens is 458 g/mol. The molecule has 1 aliphatic heterocycles. The molecule has 6 atom stereocenters. The number of carboxylic acids is 1. The van der Waals surface area contributed by atoms with E-state index in [1.807, 2.05) is 6.21 Å². The quantitative estimate of drug-likeness (QED) is 0.150. The summed E-state index contributed by atoms with van der Waals surface area (Å²) in [6, 6.07) is 0. The second kappa shape index (κ2) is 16.5. The third kappa shape index (κ3) is 11.0. The largest absolute Gasteiger partial charge is 0.481 e. The Bertz CT molecular complexity index is 695. The molecular formula is C29H51NO6. The minimum atomic E-state index is -1.28. The second-order valence-electron chi connectivity index (χ2n) is 11.3. The van der Waals surface area contributed by atoms with Crippen LogP contribution in [0, 0.1) is 11.8 Å². The monoisotopic (exact) mass is 509 g/mol. The molecule has 0 saturated heterocycles. The smallest absolute Gasteiger partial charge is 0.309 e. The van der Waals surface area contributed by atoms with Crippen LogP contribution in [0.3, 0.4) is 0 Å². The number of unbranched alkanes of at least 4 members (excludes halogenated alkanes) is 7. The summed E-state index contributed by atoms with van der Waals surface area (Å²) in [6.07, 6.45) is 15.4. The topological polar surface area (TPSA) is 131 Å². The number of aliphatic carboxylic acids is 1. The van der Waals surface area contributed by atoms with Gasteiger partial charge in [0.05, 0.1) is 36.4 Å². The van der Waals surface area contributed by atoms with E-state index in [4.69, 9.17) is 0 Å². The third-order valence-corrected chi connectivity index (χ3v) is 8.16. The van der Waals surface area contributed by atoms with Crippen molar-refractivity contribution in [2.45, 2.75) is 140 Å². The number of nitrogens with zero attached hydrogens (tertiary/aromatic N) is 1. The van der Waals surface area contributed by atoms with Crippen LogP contribution in [-0.2, 0) is 4.79 Å². The molecule has 0 unspecified atom stereocenters. The van der Waals surface area contributed by atoms with Crippen LogP contribution < -0.4 is 0 Å². The fraction of sp³-hybridized carbons (Fsp3) is 0.862. The Morgan fingerprint density at radius 2 is 1.67 bits per heavy atom. The van der Waals surface area contributed by atoms with Gasteiger partial charge >= 0.3 is 5.97 Å². The van der Waals surface area contributed by atoms with E-state index in [9.17, 15) is 30.3 Å². The Kier molecular flexibility index (Phi) is 14.2. The number of rotatable bonds is 20. The van der Waals surface area contributed by atoms with E-state index < -0.39 is 29.7 Å². The van der Waals surface area contributed by atoms with Crippen molar-refractivity contribution in [2.75, 3.05) is 6.54 Å². The van der Waals surface area contributed by atoms with E-state index in [-0.39, 0.29) is 24.9 Å². The molecule has 0 bridgehead atoms. The summed E-state index contributed by atoms with van der Waals surface area (Å²) in [7, 11) is 0. The maximum Gasteiger partial charge on any atom is 0.309 e. The fourth-order valence-electron chi connectivity index (χ4n) is 5.85. The van der Waals surface area contributed by atoms with Crippen molar-refractivity contribution in [1.29, 1.82) is 0 Å². The van der Waals surface area contributed by atoms with Crippen molar-refractivity contribution in [3.8, 4) is 0 Å². The Morgan fingerprint density at radius 3 is 2.25 bits per heavy atom. The minimum Gasteiger partial charge on any atom is -0.481 e. The number of aliphatic imine (C=N–C) groups is 1. The highest BCUT2D eigenvalue weighted by atomic mass is 16.4. The first-order chi connectivity index (χ1) is 17.2. The fourth-order valence-corrected chi connectivity index (χ4v) is 5.85. The molecule has 5 N–H and O–H groups in total. The molecule has 7 nitrogen and oxygen atoms in total. The van der Waals surface area contributed by atoms with Crippen molar-refractivity contribution in [3.63, 3.8) is 0 Å². The summed E-state index contributed by atoms with van der Waals surface area (Å²) in [6.45, 7) is 2.89. The predicted molar refractivity (Wildman–Crippen MR) is 143 cm³/mol. The maximum atomic E-state index is 11.8. The predicted octanol–water partition coefficient (Wildman–Crippen LogP) is 4.79. The maximum absolute atomic E-state index is 11.8. The normalized spacial score (nSPS) is 26.2. The van der Waals surface area contributed by atoms with Gasteiger partial charge in [-0.15, -0.1) is 0 Å². The Balaban J connectivity index is 1.62. The molecule has 2 rings (SSSR count). The number of carboxylic acid groups (broad SMARTS) is 1. The molecule has 0 radical (unpaired) electrons. The molecule has 36 heavy (non-hydrogen) atoms. The van der Waals surface area contributed by atoms with E-state index in [1.165, 1.54) is 25.7 Å². The molecule has 0 aromatic rings. The first-order valence-corrected chi connectivity index (χ1v) is 14.4. The number of hydrogen-bond acceptors (Lipinski definition) is 6. The second-order valence-corrected chi connectivity index (χ2v) is 11.3. The van der Waals surface area contributed by atoms with E-state index in [1.54, 1.807) is 0 Å². The molecule has 2 aliphatic rings. The van der Waals surface area contributed by atoms with Gasteiger partial charge in [0.2, 0.25) is 0 Å². The molecule has 7 heteroatoms. The van der Waals surface area contributed by atoms with Gasteiger partial charge in [-0.25, -0.2) is 0 Å². The molecule has 0 spiro atoms. The summed E-state index contributed by atoms with van der Waals surface area (Å²) in [5.74, 6) is -1.71. The lowest BCUT2D eigenvalue weighted by molar-refractivity contribution is -0.147. The van der Waals surface area contributed by atoms with Crippen LogP contribution in [-0.4, -0.2) is 68.2 Å². The van der Waals surface area contributed by atoms with Gasteiger partial charge in [0.15, 0.2) is 0 Å². The van der Waals surface area contributed by atoms with Gasteiger partial charge in [0, 0.05) is 6.21 Å². The van der Waals surface area contributed by atoms with E-state index in [0.717, 1.165) is 50.5 Å². The van der Waals surface area contributed by atoms with Gasteiger partial charge in [-0.05, 0) is 62.9 Å². The van der Waals surface area contributed by atoms with Crippen molar-refractivity contribution in [3.05, 3.63) is 11.6 Å². The highest BCUT2D eigenvalue weighted by Gasteiger charge is 2.45. The van der Waals surface area contributed by atoms with Crippen molar-refractivity contribution >= 4 is 12.2 Å². The molecule has 1 heterocycles. The van der Waals surface area contributed by atoms with Crippen LogP contribution in [0.5, 0.6) is 0 Å². The lowest BCUT2D eigenvalue weighted by Crippen LogP contribution is -2.39. The number of aliphatic hydroxyl groups is 4. The Morgan fingerprint density at radius 1 is 1.03 bits per heavy atom. The van der Waals surface area contributed by atoms with E-state index in [0.29, 0.717) is 32.2 Å². The molecule has 0 aromatic carbocycles. The molecule has 0 amide bonds. The number of allylic oxidation sites excluding steroid dienone is 1. The van der Waals surface area contributed by atoms with Crippen molar-refractivity contribution in [2.24, 2.45) is 16.8 Å². The van der Waals surface area contributed by atoms with Crippen LogP contribution in [0.1, 0.15) is 116 Å². The van der Waals surface area contributed by atoms with E-state index >= 15 is 0 Å². The average Bonchev–Trinajstić information content (AvgIpc) is 3.44. The van der Waals surface area contributed by atoms with Gasteiger partial charge in [0.1, 0.15) is 0 Å². The lowest BCUT2D eigenvalue weighted by atomic mass is 9.86. The van der Waals surface area contributed by atoms with E-state index in [2.05, 4.69) is 18.0 Å². The summed E-state index contributed by atoms with van der Waals surface area (Å²) >= 11 is 0. The van der Waals surface area contributed by atoms with Crippen molar-refractivity contribution in [1.82, 2.24) is 0 Å². The summed E-state index contributed by atoms with van der Waals surface area (Å²) in [5, 5.41) is 51.9. The third-order valence-electron chi connectivity index (χ3n) is 8.16. The van der Waals surface area contributed by atoms with Gasteiger partial charge in [-0.1, -0.05) is 70.8 Å². The zero-order valence-electron chi connectivity index (χ0n) is 22.4. The molecule has 1 aliphatic carbocycles. The first kappa shape index (κ1) is 30.9. The van der Waals surface area contributed by atoms with Crippen molar-refractivity contribution < 1.29 is 30.3 Å². The zero-order valence-corrected chi connectivity index (χ0v) is 22.4. The highest BCUT2D eigenvalue weighted by molar-refractivity contribution is 5.80. The Labute approximate surface area is 217 Å². The molecule has 1 saturated carbocycles. The molecule has 208 valence electrons.